The van der Waals surface area contributed by atoms with Gasteiger partial charge in [-0.25, -0.2) is 4.98 Å². The molecule has 0 bridgehead atoms. The zero-order valence-electron chi connectivity index (χ0n) is 12.9. The van der Waals surface area contributed by atoms with Crippen LogP contribution in [0.25, 0.3) is 0 Å². The highest BCUT2D eigenvalue weighted by Gasteiger charge is 2.07. The summed E-state index contributed by atoms with van der Waals surface area (Å²) in [5.41, 5.74) is 0. The minimum atomic E-state index is 0.611. The quantitative estimate of drug-likeness (QED) is 0.706. The molecule has 0 saturated carbocycles. The lowest BCUT2D eigenvalue weighted by Crippen LogP contribution is -2.33. The summed E-state index contributed by atoms with van der Waals surface area (Å²) in [7, 11) is 2.16. The van der Waals surface area contributed by atoms with Crippen molar-refractivity contribution in [3.63, 3.8) is 0 Å². The fourth-order valence-electron chi connectivity index (χ4n) is 1.74. The van der Waals surface area contributed by atoms with Gasteiger partial charge in [0.15, 0.2) is 5.13 Å². The molecule has 1 aromatic rings. The summed E-state index contributed by atoms with van der Waals surface area (Å²) in [6.07, 6.45) is 2.00. The molecule has 0 amide bonds. The molecule has 1 aromatic heterocycles. The van der Waals surface area contributed by atoms with Crippen LogP contribution in [-0.2, 0) is 6.54 Å². The van der Waals surface area contributed by atoms with Crippen molar-refractivity contribution < 1.29 is 0 Å². The molecule has 0 fully saturated rings. The molecule has 0 unspecified atom stereocenters. The van der Waals surface area contributed by atoms with Crippen molar-refractivity contribution in [3.05, 3.63) is 11.1 Å². The number of hydrogen-bond acceptors (Lipinski definition) is 5. The lowest BCUT2D eigenvalue weighted by molar-refractivity contribution is 0.273. The molecule has 0 radical (unpaired) electrons. The second-order valence-electron chi connectivity index (χ2n) is 5.03. The van der Waals surface area contributed by atoms with Gasteiger partial charge < -0.3 is 15.1 Å². The van der Waals surface area contributed by atoms with E-state index in [9.17, 15) is 0 Å². The van der Waals surface area contributed by atoms with Crippen LogP contribution in [0.1, 0.15) is 32.6 Å². The lowest BCUT2D eigenvalue weighted by atomic mass is 10.3. The topological polar surface area (TPSA) is 31.4 Å². The highest BCUT2D eigenvalue weighted by Crippen LogP contribution is 2.21. The van der Waals surface area contributed by atoms with E-state index in [2.05, 4.69) is 54.8 Å². The predicted octanol–water partition coefficient (Wildman–Crippen LogP) is 2.42. The van der Waals surface area contributed by atoms with Crippen LogP contribution in [-0.4, -0.2) is 49.2 Å². The fourth-order valence-corrected chi connectivity index (χ4v) is 2.75. The Kier molecular flexibility index (Phi) is 7.34. The Hall–Kier alpha value is -0.650. The standard InChI is InChI=1S/C14H28N4S/c1-6-18(7-2)14-16-11-13(19-14)10-15-8-9-17(5)12(3)4/h11-12,15H,6-10H2,1-5H3. The highest BCUT2D eigenvalue weighted by molar-refractivity contribution is 7.15. The van der Waals surface area contributed by atoms with Gasteiger partial charge in [-0.05, 0) is 34.7 Å². The van der Waals surface area contributed by atoms with Crippen molar-refractivity contribution in [3.8, 4) is 0 Å². The van der Waals surface area contributed by atoms with Crippen LogP contribution in [0.15, 0.2) is 6.20 Å². The number of rotatable bonds is 9. The number of nitrogens with one attached hydrogen (secondary N) is 1. The van der Waals surface area contributed by atoms with Crippen molar-refractivity contribution in [2.45, 2.75) is 40.3 Å². The molecule has 5 heteroatoms. The van der Waals surface area contributed by atoms with Crippen LogP contribution in [0.4, 0.5) is 5.13 Å². The number of anilines is 1. The molecule has 4 nitrogen and oxygen atoms in total. The van der Waals surface area contributed by atoms with Crippen molar-refractivity contribution >= 4 is 16.5 Å². The third kappa shape index (κ3) is 5.47. The van der Waals surface area contributed by atoms with Crippen LogP contribution in [0, 0.1) is 0 Å². The molecule has 0 aliphatic rings. The van der Waals surface area contributed by atoms with E-state index in [1.54, 1.807) is 11.3 Å². The minimum Gasteiger partial charge on any atom is -0.349 e. The van der Waals surface area contributed by atoms with Crippen LogP contribution in [0.2, 0.25) is 0 Å². The van der Waals surface area contributed by atoms with Crippen molar-refractivity contribution in [2.75, 3.05) is 38.1 Å². The Labute approximate surface area is 121 Å². The van der Waals surface area contributed by atoms with E-state index in [1.165, 1.54) is 4.88 Å². The molecule has 0 aromatic carbocycles. The first-order valence-electron chi connectivity index (χ1n) is 7.19. The number of hydrogen-bond donors (Lipinski definition) is 1. The third-order valence-corrected chi connectivity index (χ3v) is 4.46. The number of thiazole rings is 1. The Morgan fingerprint density at radius 3 is 2.58 bits per heavy atom. The average molecular weight is 284 g/mol. The zero-order valence-corrected chi connectivity index (χ0v) is 13.8. The molecule has 0 atom stereocenters. The van der Waals surface area contributed by atoms with Gasteiger partial charge in [-0.15, -0.1) is 11.3 Å². The van der Waals surface area contributed by atoms with Gasteiger partial charge >= 0.3 is 0 Å². The van der Waals surface area contributed by atoms with E-state index >= 15 is 0 Å². The number of aromatic nitrogens is 1. The van der Waals surface area contributed by atoms with Crippen LogP contribution < -0.4 is 10.2 Å². The molecule has 110 valence electrons. The van der Waals surface area contributed by atoms with Gasteiger partial charge in [0.25, 0.3) is 0 Å². The average Bonchev–Trinajstić information content (AvgIpc) is 2.84. The van der Waals surface area contributed by atoms with Gasteiger partial charge in [0.05, 0.1) is 0 Å². The minimum absolute atomic E-state index is 0.611. The first kappa shape index (κ1) is 16.4. The Morgan fingerprint density at radius 2 is 2.00 bits per heavy atom. The van der Waals surface area contributed by atoms with Gasteiger partial charge in [0.1, 0.15) is 0 Å². The molecule has 0 spiro atoms. The monoisotopic (exact) mass is 284 g/mol. The Balaban J connectivity index is 2.30. The molecule has 1 rings (SSSR count). The third-order valence-electron chi connectivity index (χ3n) is 3.40. The van der Waals surface area contributed by atoms with Crippen LogP contribution >= 0.6 is 11.3 Å². The normalized spacial score (nSPS) is 11.5. The van der Waals surface area contributed by atoms with Gasteiger partial charge in [-0.1, -0.05) is 0 Å². The first-order valence-corrected chi connectivity index (χ1v) is 8.00. The van der Waals surface area contributed by atoms with Gasteiger partial charge in [-0.2, -0.15) is 0 Å². The van der Waals surface area contributed by atoms with E-state index in [4.69, 9.17) is 0 Å². The fraction of sp³-hybridized carbons (Fsp3) is 0.786. The largest absolute Gasteiger partial charge is 0.349 e. The zero-order chi connectivity index (χ0) is 14.3. The Bertz CT molecular complexity index is 347. The molecule has 1 heterocycles. The molecule has 0 aliphatic heterocycles. The molecular weight excluding hydrogens is 256 g/mol. The molecule has 0 aliphatic carbocycles. The highest BCUT2D eigenvalue weighted by atomic mass is 32.1. The van der Waals surface area contributed by atoms with E-state index in [0.717, 1.165) is 37.9 Å². The van der Waals surface area contributed by atoms with Gasteiger partial charge in [0.2, 0.25) is 0 Å². The summed E-state index contributed by atoms with van der Waals surface area (Å²) < 4.78 is 0. The summed E-state index contributed by atoms with van der Waals surface area (Å²) in [6.45, 7) is 13.9. The summed E-state index contributed by atoms with van der Waals surface area (Å²) in [5.74, 6) is 0. The lowest BCUT2D eigenvalue weighted by Gasteiger charge is -2.20. The molecule has 0 saturated heterocycles. The number of nitrogens with zero attached hydrogens (tertiary/aromatic N) is 3. The summed E-state index contributed by atoms with van der Waals surface area (Å²) in [4.78, 5) is 10.4. The summed E-state index contributed by atoms with van der Waals surface area (Å²) in [6, 6.07) is 0.611. The van der Waals surface area contributed by atoms with E-state index < -0.39 is 0 Å². The van der Waals surface area contributed by atoms with Crippen LogP contribution in [0.5, 0.6) is 0 Å². The van der Waals surface area contributed by atoms with Crippen molar-refractivity contribution in [1.29, 1.82) is 0 Å². The number of likely N-dealkylation sites (N-methyl/N-ethyl adjacent to an activating group) is 1. The summed E-state index contributed by atoms with van der Waals surface area (Å²) in [5, 5.41) is 4.63. The second-order valence-corrected chi connectivity index (χ2v) is 6.13. The smallest absolute Gasteiger partial charge is 0.185 e. The Morgan fingerprint density at radius 1 is 1.32 bits per heavy atom. The molecular formula is C14H28N4S. The molecule has 1 N–H and O–H groups in total. The maximum atomic E-state index is 4.49. The van der Waals surface area contributed by atoms with E-state index in [0.29, 0.717) is 6.04 Å². The summed E-state index contributed by atoms with van der Waals surface area (Å²) >= 11 is 1.79. The van der Waals surface area contributed by atoms with Crippen molar-refractivity contribution in [1.82, 2.24) is 15.2 Å². The maximum absolute atomic E-state index is 4.49. The van der Waals surface area contributed by atoms with Gasteiger partial charge in [-0.3, -0.25) is 0 Å². The van der Waals surface area contributed by atoms with E-state index in [1.807, 2.05) is 6.20 Å². The SMILES string of the molecule is CCN(CC)c1ncc(CNCCN(C)C(C)C)s1. The van der Waals surface area contributed by atoms with Crippen LogP contribution in [0.3, 0.4) is 0 Å². The second kappa shape index (κ2) is 8.51. The van der Waals surface area contributed by atoms with Gasteiger partial charge in [0, 0.05) is 49.8 Å². The first-order chi connectivity index (χ1) is 9.08. The molecule has 19 heavy (non-hydrogen) atoms. The predicted molar refractivity (Wildman–Crippen MR) is 85.1 cm³/mol. The maximum Gasteiger partial charge on any atom is 0.185 e. The van der Waals surface area contributed by atoms with Crippen molar-refractivity contribution in [2.24, 2.45) is 0 Å². The van der Waals surface area contributed by atoms with E-state index in [-0.39, 0.29) is 0 Å².